The average Bonchev–Trinajstić information content (AvgIpc) is 3.16. The molecule has 3 aromatic rings. The van der Waals surface area contributed by atoms with E-state index >= 15 is 0 Å². The molecular formula is C21H22N2O2S. The molecule has 0 aliphatic rings. The zero-order chi connectivity index (χ0) is 18.2. The molecule has 0 amide bonds. The summed E-state index contributed by atoms with van der Waals surface area (Å²) in [4.78, 5) is 16.9. The number of carbonyl (C=O) groups is 1. The number of aromatic nitrogens is 1. The zero-order valence-corrected chi connectivity index (χ0v) is 15.5. The van der Waals surface area contributed by atoms with Gasteiger partial charge in [-0.25, -0.2) is 4.98 Å². The van der Waals surface area contributed by atoms with E-state index in [0.717, 1.165) is 22.0 Å². The second-order valence-electron chi connectivity index (χ2n) is 5.92. The van der Waals surface area contributed by atoms with Crippen molar-refractivity contribution in [1.29, 1.82) is 0 Å². The summed E-state index contributed by atoms with van der Waals surface area (Å²) >= 11 is 1.54. The first-order chi connectivity index (χ1) is 12.8. The third kappa shape index (κ3) is 4.92. The normalized spacial score (nSPS) is 11.7. The molecule has 4 nitrogen and oxygen atoms in total. The number of nitrogens with zero attached hydrogens (tertiary/aromatic N) is 1. The molecule has 1 atom stereocenters. The number of hydrogen-bond acceptors (Lipinski definition) is 5. The minimum atomic E-state index is -0.249. The molecular weight excluding hydrogens is 344 g/mol. The van der Waals surface area contributed by atoms with Gasteiger partial charge in [-0.2, -0.15) is 0 Å². The summed E-state index contributed by atoms with van der Waals surface area (Å²) in [7, 11) is 0. The van der Waals surface area contributed by atoms with Crippen LogP contribution in [0.3, 0.4) is 0 Å². The Labute approximate surface area is 157 Å². The van der Waals surface area contributed by atoms with E-state index in [1.807, 2.05) is 73.0 Å². The molecule has 1 unspecified atom stereocenters. The standard InChI is InChI=1S/C21H22N2O2S/c1-2-25-20(24)18(13-16-9-5-3-6-10-16)14-22-21-23-19(15-26-21)17-11-7-4-8-12-17/h3-12,15,18H,2,13-14H2,1H3,(H,22,23). The Balaban J connectivity index is 1.65. The lowest BCUT2D eigenvalue weighted by Gasteiger charge is -2.16. The summed E-state index contributed by atoms with van der Waals surface area (Å²) in [6, 6.07) is 20.1. The van der Waals surface area contributed by atoms with E-state index in [9.17, 15) is 4.79 Å². The number of anilines is 1. The molecule has 0 saturated carbocycles. The van der Waals surface area contributed by atoms with E-state index in [2.05, 4.69) is 10.3 Å². The fraction of sp³-hybridized carbons (Fsp3) is 0.238. The van der Waals surface area contributed by atoms with Gasteiger partial charge in [0.05, 0.1) is 18.2 Å². The van der Waals surface area contributed by atoms with Crippen molar-refractivity contribution in [1.82, 2.24) is 4.98 Å². The third-order valence-corrected chi connectivity index (χ3v) is 4.82. The van der Waals surface area contributed by atoms with E-state index in [0.29, 0.717) is 19.6 Å². The molecule has 2 aromatic carbocycles. The van der Waals surface area contributed by atoms with Crippen molar-refractivity contribution in [3.05, 3.63) is 71.6 Å². The maximum absolute atomic E-state index is 12.3. The molecule has 0 aliphatic heterocycles. The maximum Gasteiger partial charge on any atom is 0.311 e. The van der Waals surface area contributed by atoms with Gasteiger partial charge in [0.1, 0.15) is 0 Å². The SMILES string of the molecule is CCOC(=O)C(CNc1nc(-c2ccccc2)cs1)Cc1ccccc1. The van der Waals surface area contributed by atoms with Crippen molar-refractivity contribution in [3.8, 4) is 11.3 Å². The topological polar surface area (TPSA) is 51.2 Å². The lowest BCUT2D eigenvalue weighted by atomic mass is 9.99. The van der Waals surface area contributed by atoms with Gasteiger partial charge >= 0.3 is 5.97 Å². The number of hydrogen-bond donors (Lipinski definition) is 1. The first kappa shape index (κ1) is 18.1. The van der Waals surface area contributed by atoms with Gasteiger partial charge in [-0.3, -0.25) is 4.79 Å². The number of thiazole rings is 1. The van der Waals surface area contributed by atoms with Crippen molar-refractivity contribution in [2.75, 3.05) is 18.5 Å². The van der Waals surface area contributed by atoms with Gasteiger partial charge in [-0.1, -0.05) is 60.7 Å². The number of nitrogens with one attached hydrogen (secondary N) is 1. The summed E-state index contributed by atoms with van der Waals surface area (Å²) in [5, 5.41) is 6.13. The highest BCUT2D eigenvalue weighted by atomic mass is 32.1. The monoisotopic (exact) mass is 366 g/mol. The van der Waals surface area contributed by atoms with Crippen LogP contribution in [0.25, 0.3) is 11.3 Å². The summed E-state index contributed by atoms with van der Waals surface area (Å²) in [6.45, 7) is 2.72. The summed E-state index contributed by atoms with van der Waals surface area (Å²) in [6.07, 6.45) is 0.642. The Bertz CT molecular complexity index is 818. The van der Waals surface area contributed by atoms with E-state index in [1.165, 1.54) is 0 Å². The number of rotatable bonds is 8. The van der Waals surface area contributed by atoms with Crippen molar-refractivity contribution in [2.24, 2.45) is 5.92 Å². The quantitative estimate of drug-likeness (QED) is 0.590. The first-order valence-electron chi connectivity index (χ1n) is 8.71. The van der Waals surface area contributed by atoms with E-state index in [-0.39, 0.29) is 11.9 Å². The summed E-state index contributed by atoms with van der Waals surface area (Å²) in [5.74, 6) is -0.426. The molecule has 3 rings (SSSR count). The fourth-order valence-corrected chi connectivity index (χ4v) is 3.43. The van der Waals surface area contributed by atoms with Crippen LogP contribution in [-0.4, -0.2) is 24.1 Å². The van der Waals surface area contributed by atoms with Gasteiger partial charge < -0.3 is 10.1 Å². The predicted octanol–water partition coefficient (Wildman–Crippen LogP) is 4.64. The maximum atomic E-state index is 12.3. The number of benzene rings is 2. The van der Waals surface area contributed by atoms with Gasteiger partial charge in [0.25, 0.3) is 0 Å². The highest BCUT2D eigenvalue weighted by Crippen LogP contribution is 2.25. The zero-order valence-electron chi connectivity index (χ0n) is 14.7. The Morgan fingerprint density at radius 2 is 1.81 bits per heavy atom. The molecule has 0 bridgehead atoms. The summed E-state index contributed by atoms with van der Waals surface area (Å²) in [5.41, 5.74) is 3.15. The van der Waals surface area contributed by atoms with Crippen LogP contribution in [0.15, 0.2) is 66.0 Å². The second-order valence-corrected chi connectivity index (χ2v) is 6.78. The van der Waals surface area contributed by atoms with Crippen molar-refractivity contribution in [2.45, 2.75) is 13.3 Å². The lowest BCUT2D eigenvalue weighted by Crippen LogP contribution is -2.27. The van der Waals surface area contributed by atoms with Crippen LogP contribution in [0.2, 0.25) is 0 Å². The number of esters is 1. The van der Waals surface area contributed by atoms with Crippen LogP contribution in [0, 0.1) is 5.92 Å². The van der Waals surface area contributed by atoms with Gasteiger partial charge in [-0.15, -0.1) is 11.3 Å². The average molecular weight is 366 g/mol. The first-order valence-corrected chi connectivity index (χ1v) is 9.59. The Hall–Kier alpha value is -2.66. The van der Waals surface area contributed by atoms with Crippen LogP contribution in [-0.2, 0) is 16.0 Å². The van der Waals surface area contributed by atoms with Crippen LogP contribution in [0.4, 0.5) is 5.13 Å². The van der Waals surface area contributed by atoms with Crippen LogP contribution in [0.1, 0.15) is 12.5 Å². The smallest absolute Gasteiger partial charge is 0.311 e. The molecule has 1 aromatic heterocycles. The van der Waals surface area contributed by atoms with Crippen LogP contribution in [0.5, 0.6) is 0 Å². The molecule has 134 valence electrons. The Kier molecular flexibility index (Phi) is 6.39. The van der Waals surface area contributed by atoms with Crippen LogP contribution < -0.4 is 5.32 Å². The van der Waals surface area contributed by atoms with Gasteiger partial charge in [0.2, 0.25) is 0 Å². The van der Waals surface area contributed by atoms with E-state index < -0.39 is 0 Å². The molecule has 0 spiro atoms. The summed E-state index contributed by atoms with van der Waals surface area (Å²) < 4.78 is 5.24. The van der Waals surface area contributed by atoms with Gasteiger partial charge in [0, 0.05) is 17.5 Å². The largest absolute Gasteiger partial charge is 0.466 e. The molecule has 0 aliphatic carbocycles. The highest BCUT2D eigenvalue weighted by Gasteiger charge is 2.20. The number of carbonyl (C=O) groups excluding carboxylic acids is 1. The fourth-order valence-electron chi connectivity index (χ4n) is 2.70. The highest BCUT2D eigenvalue weighted by molar-refractivity contribution is 7.14. The number of ether oxygens (including phenoxy) is 1. The molecule has 1 N–H and O–H groups in total. The Morgan fingerprint density at radius 1 is 1.12 bits per heavy atom. The molecule has 0 saturated heterocycles. The second kappa shape index (κ2) is 9.15. The Morgan fingerprint density at radius 3 is 2.50 bits per heavy atom. The molecule has 26 heavy (non-hydrogen) atoms. The third-order valence-electron chi connectivity index (χ3n) is 4.02. The van der Waals surface area contributed by atoms with Gasteiger partial charge in [0.15, 0.2) is 5.13 Å². The molecule has 0 radical (unpaired) electrons. The van der Waals surface area contributed by atoms with Crippen molar-refractivity contribution in [3.63, 3.8) is 0 Å². The lowest BCUT2D eigenvalue weighted by molar-refractivity contribution is -0.147. The predicted molar refractivity (Wildman–Crippen MR) is 106 cm³/mol. The van der Waals surface area contributed by atoms with Gasteiger partial charge in [-0.05, 0) is 18.9 Å². The van der Waals surface area contributed by atoms with Crippen molar-refractivity contribution >= 4 is 22.4 Å². The van der Waals surface area contributed by atoms with E-state index in [1.54, 1.807) is 11.3 Å². The minimum absolute atomic E-state index is 0.177. The molecule has 5 heteroatoms. The molecule has 0 fully saturated rings. The molecule has 1 heterocycles. The van der Waals surface area contributed by atoms with E-state index in [4.69, 9.17) is 4.74 Å². The van der Waals surface area contributed by atoms with Crippen molar-refractivity contribution < 1.29 is 9.53 Å². The van der Waals surface area contributed by atoms with Crippen LogP contribution >= 0.6 is 11.3 Å². The minimum Gasteiger partial charge on any atom is -0.466 e.